The predicted molar refractivity (Wildman–Crippen MR) is 123 cm³/mol. The molecule has 1 heterocycles. The van der Waals surface area contributed by atoms with E-state index in [4.69, 9.17) is 4.42 Å². The third kappa shape index (κ3) is 5.06. The van der Waals surface area contributed by atoms with Crippen LogP contribution in [-0.2, 0) is 4.79 Å². The van der Waals surface area contributed by atoms with Gasteiger partial charge >= 0.3 is 5.97 Å². The monoisotopic (exact) mass is 408 g/mol. The van der Waals surface area contributed by atoms with Gasteiger partial charge in [0.25, 0.3) is 0 Å². The number of carboxylic acid groups (broad SMARTS) is 1. The van der Waals surface area contributed by atoms with Crippen LogP contribution in [-0.4, -0.2) is 16.2 Å². The molecule has 0 saturated carbocycles. The highest BCUT2D eigenvalue weighted by Gasteiger charge is 2.23. The highest BCUT2D eigenvalue weighted by molar-refractivity contribution is 6.12. The molecule has 30 heavy (non-hydrogen) atoms. The standard InChI is InChI=1S/C21H16O5.2C2H6/c1-3-5-15(21(24)25)14(4-2)20-16-8-6-12(22)10-18(16)26-19-11-13(23)7-9-17(19)20;2*1-2/h3-11,22H,1H2,2H3,(H,24,25);2*1-2H3/b14-4+,15-5+;;. The van der Waals surface area contributed by atoms with E-state index in [-0.39, 0.29) is 16.8 Å². The fourth-order valence-electron chi connectivity index (χ4n) is 2.98. The van der Waals surface area contributed by atoms with Crippen molar-refractivity contribution in [2.24, 2.45) is 0 Å². The molecular weight excluding hydrogens is 380 g/mol. The minimum Gasteiger partial charge on any atom is -0.508 e. The third-order valence-corrected chi connectivity index (χ3v) is 4.04. The van der Waals surface area contributed by atoms with E-state index in [1.54, 1.807) is 25.1 Å². The molecule has 0 spiro atoms. The van der Waals surface area contributed by atoms with E-state index in [0.717, 1.165) is 0 Å². The van der Waals surface area contributed by atoms with Crippen molar-refractivity contribution in [2.45, 2.75) is 34.6 Å². The van der Waals surface area contributed by atoms with Crippen molar-refractivity contribution in [3.05, 3.63) is 82.6 Å². The zero-order valence-corrected chi connectivity index (χ0v) is 18.0. The minimum absolute atomic E-state index is 0.00643. The van der Waals surface area contributed by atoms with E-state index < -0.39 is 5.97 Å². The molecule has 1 aliphatic carbocycles. The Kier molecular flexibility index (Phi) is 9.30. The van der Waals surface area contributed by atoms with Crippen LogP contribution in [0.4, 0.5) is 0 Å². The van der Waals surface area contributed by atoms with Gasteiger partial charge in [0.1, 0.15) is 17.1 Å². The maximum absolute atomic E-state index is 11.8. The summed E-state index contributed by atoms with van der Waals surface area (Å²) >= 11 is 0. The van der Waals surface area contributed by atoms with Crippen molar-refractivity contribution in [2.75, 3.05) is 0 Å². The first-order valence-electron chi connectivity index (χ1n) is 9.89. The van der Waals surface area contributed by atoms with Crippen LogP contribution in [0.5, 0.6) is 5.75 Å². The van der Waals surface area contributed by atoms with Crippen molar-refractivity contribution >= 4 is 22.5 Å². The lowest BCUT2D eigenvalue weighted by atomic mass is 9.89. The molecule has 5 heteroatoms. The van der Waals surface area contributed by atoms with Gasteiger partial charge in [0.15, 0.2) is 5.43 Å². The molecular formula is C25H28O5. The number of fused-ring (bicyclic) bond motifs is 2. The van der Waals surface area contributed by atoms with Crippen LogP contribution in [0.2, 0.25) is 0 Å². The Balaban J connectivity index is 0.00000106. The Morgan fingerprint density at radius 1 is 1.07 bits per heavy atom. The second-order valence-corrected chi connectivity index (χ2v) is 5.64. The van der Waals surface area contributed by atoms with E-state index in [0.29, 0.717) is 33.4 Å². The van der Waals surface area contributed by atoms with Crippen LogP contribution in [0.15, 0.2) is 76.0 Å². The van der Waals surface area contributed by atoms with Crippen molar-refractivity contribution in [3.8, 4) is 17.1 Å². The van der Waals surface area contributed by atoms with Gasteiger partial charge in [-0.05, 0) is 42.8 Å². The van der Waals surface area contributed by atoms with E-state index in [1.165, 1.54) is 36.4 Å². The highest BCUT2D eigenvalue weighted by Crippen LogP contribution is 2.40. The third-order valence-electron chi connectivity index (χ3n) is 4.04. The second kappa shape index (κ2) is 11.4. The second-order valence-electron chi connectivity index (χ2n) is 5.64. The van der Waals surface area contributed by atoms with Gasteiger partial charge in [-0.15, -0.1) is 0 Å². The molecule has 0 bridgehead atoms. The molecule has 2 aliphatic rings. The molecule has 0 radical (unpaired) electrons. The van der Waals surface area contributed by atoms with Crippen LogP contribution >= 0.6 is 0 Å². The van der Waals surface area contributed by atoms with E-state index in [1.807, 2.05) is 27.7 Å². The number of aliphatic carboxylic acids is 1. The summed E-state index contributed by atoms with van der Waals surface area (Å²) in [6.07, 6.45) is 4.52. The zero-order chi connectivity index (χ0) is 22.8. The number of benzene rings is 2. The molecule has 0 fully saturated rings. The van der Waals surface area contributed by atoms with Crippen molar-refractivity contribution in [1.29, 1.82) is 0 Å². The van der Waals surface area contributed by atoms with Crippen LogP contribution in [0, 0.1) is 0 Å². The summed E-state index contributed by atoms with van der Waals surface area (Å²) < 4.78 is 5.77. The van der Waals surface area contributed by atoms with E-state index in [2.05, 4.69) is 6.58 Å². The number of hydrogen-bond acceptors (Lipinski definition) is 4. The first kappa shape index (κ1) is 24.4. The molecule has 1 aromatic carbocycles. The molecule has 5 nitrogen and oxygen atoms in total. The number of phenolic OH excluding ortho intramolecular Hbond substituents is 1. The molecule has 0 atom stereocenters. The van der Waals surface area contributed by atoms with Crippen LogP contribution in [0.25, 0.3) is 27.9 Å². The highest BCUT2D eigenvalue weighted by atomic mass is 16.4. The quantitative estimate of drug-likeness (QED) is 0.302. The zero-order valence-electron chi connectivity index (χ0n) is 18.0. The molecule has 3 rings (SSSR count). The Labute approximate surface area is 176 Å². The minimum atomic E-state index is -1.10. The SMILES string of the molecule is C=C/C=C(C(=O)O)\C(=C/C)c1c2ccc(=O)cc-2oc2cc(O)ccc12.CC.CC. The maximum Gasteiger partial charge on any atom is 0.336 e. The summed E-state index contributed by atoms with van der Waals surface area (Å²) in [6, 6.07) is 8.94. The first-order valence-corrected chi connectivity index (χ1v) is 9.89. The average molecular weight is 408 g/mol. The number of carboxylic acids is 1. The molecule has 1 aromatic rings. The number of rotatable bonds is 4. The van der Waals surface area contributed by atoms with Gasteiger partial charge in [-0.25, -0.2) is 4.79 Å². The summed E-state index contributed by atoms with van der Waals surface area (Å²) in [6.45, 7) is 13.3. The fraction of sp³-hybridized carbons (Fsp3) is 0.200. The van der Waals surface area contributed by atoms with E-state index >= 15 is 0 Å². The fourth-order valence-corrected chi connectivity index (χ4v) is 2.98. The Morgan fingerprint density at radius 3 is 2.30 bits per heavy atom. The molecule has 0 saturated heterocycles. The summed E-state index contributed by atoms with van der Waals surface area (Å²) in [7, 11) is 0. The topological polar surface area (TPSA) is 87.7 Å². The smallest absolute Gasteiger partial charge is 0.336 e. The van der Waals surface area contributed by atoms with Crippen LogP contribution < -0.4 is 5.43 Å². The number of carbonyl (C=O) groups is 1. The van der Waals surface area contributed by atoms with Gasteiger partial charge in [-0.3, -0.25) is 4.79 Å². The van der Waals surface area contributed by atoms with Gasteiger partial charge in [0.05, 0.1) is 5.57 Å². The predicted octanol–water partition coefficient (Wildman–Crippen LogP) is 6.26. The number of phenols is 1. The molecule has 1 aliphatic heterocycles. The summed E-state index contributed by atoms with van der Waals surface area (Å²) in [5.41, 5.74) is 1.86. The number of hydrogen-bond donors (Lipinski definition) is 2. The number of aromatic hydroxyl groups is 1. The first-order chi connectivity index (χ1) is 14.5. The van der Waals surface area contributed by atoms with Crippen molar-refractivity contribution in [3.63, 3.8) is 0 Å². The summed E-state index contributed by atoms with van der Waals surface area (Å²) in [5.74, 6) is -0.778. The van der Waals surface area contributed by atoms with Gasteiger partial charge in [-0.2, -0.15) is 0 Å². The average Bonchev–Trinajstić information content (AvgIpc) is 2.75. The van der Waals surface area contributed by atoms with Gasteiger partial charge in [-0.1, -0.05) is 46.4 Å². The largest absolute Gasteiger partial charge is 0.508 e. The van der Waals surface area contributed by atoms with Crippen LogP contribution in [0.3, 0.4) is 0 Å². The van der Waals surface area contributed by atoms with Crippen molar-refractivity contribution < 1.29 is 19.4 Å². The molecule has 0 aromatic heterocycles. The molecule has 0 unspecified atom stereocenters. The van der Waals surface area contributed by atoms with Crippen LogP contribution in [0.1, 0.15) is 40.2 Å². The van der Waals surface area contributed by atoms with E-state index in [9.17, 15) is 19.8 Å². The van der Waals surface area contributed by atoms with Gasteiger partial charge in [0, 0.05) is 28.6 Å². The molecule has 0 amide bonds. The summed E-state index contributed by atoms with van der Waals surface area (Å²) in [5, 5.41) is 20.0. The molecule has 2 N–H and O–H groups in total. The summed E-state index contributed by atoms with van der Waals surface area (Å²) in [4.78, 5) is 23.5. The van der Waals surface area contributed by atoms with Gasteiger partial charge in [0.2, 0.25) is 0 Å². The lowest BCUT2D eigenvalue weighted by Gasteiger charge is -2.17. The van der Waals surface area contributed by atoms with Gasteiger partial charge < -0.3 is 14.6 Å². The lowest BCUT2D eigenvalue weighted by Crippen LogP contribution is -2.06. The molecule has 158 valence electrons. The number of allylic oxidation sites excluding steroid dienone is 3. The lowest BCUT2D eigenvalue weighted by molar-refractivity contribution is -0.132. The normalized spacial score (nSPS) is 11.2. The Morgan fingerprint density at radius 2 is 1.73 bits per heavy atom. The van der Waals surface area contributed by atoms with Crippen molar-refractivity contribution in [1.82, 2.24) is 0 Å². The Bertz CT molecular complexity index is 1120. The maximum atomic E-state index is 11.8. The Hall–Kier alpha value is -3.60.